The molecule has 0 aromatic heterocycles. The molecule has 0 unspecified atom stereocenters. The number of aryl methyl sites for hydroxylation is 2. The van der Waals surface area contributed by atoms with Crippen LogP contribution in [0.25, 0.3) is 0 Å². The third-order valence-electron chi connectivity index (χ3n) is 5.67. The minimum Gasteiger partial charge on any atom is -0.302 e. The van der Waals surface area contributed by atoms with Gasteiger partial charge in [-0.2, -0.15) is 4.31 Å². The molecule has 0 bridgehead atoms. The normalized spacial score (nSPS) is 24.5. The number of rotatable bonds is 4. The molecule has 1 atom stereocenters. The van der Waals surface area contributed by atoms with Crippen molar-refractivity contribution in [1.82, 2.24) is 14.1 Å². The molecule has 0 amide bonds. The minimum absolute atomic E-state index is 0.457. The molecule has 0 N–H and O–H groups in total. The maximum absolute atomic E-state index is 13.0. The Kier molecular flexibility index (Phi) is 5.83. The van der Waals surface area contributed by atoms with E-state index in [1.165, 1.54) is 25.8 Å². The average molecular weight is 366 g/mol. The van der Waals surface area contributed by atoms with Crippen LogP contribution in [-0.2, 0) is 10.0 Å². The van der Waals surface area contributed by atoms with Crippen LogP contribution in [0.15, 0.2) is 23.1 Å². The molecule has 0 radical (unpaired) electrons. The summed E-state index contributed by atoms with van der Waals surface area (Å²) in [5.41, 5.74) is 1.93. The van der Waals surface area contributed by atoms with Crippen LogP contribution >= 0.6 is 0 Å². The summed E-state index contributed by atoms with van der Waals surface area (Å²) >= 11 is 0. The van der Waals surface area contributed by atoms with Crippen molar-refractivity contribution in [3.63, 3.8) is 0 Å². The molecule has 0 saturated carbocycles. The van der Waals surface area contributed by atoms with Crippen LogP contribution in [0.3, 0.4) is 0 Å². The van der Waals surface area contributed by atoms with Crippen molar-refractivity contribution in [2.24, 2.45) is 0 Å². The highest BCUT2D eigenvalue weighted by atomic mass is 32.2. The molecule has 2 heterocycles. The summed E-state index contributed by atoms with van der Waals surface area (Å²) in [4.78, 5) is 5.35. The van der Waals surface area contributed by atoms with Gasteiger partial charge in [-0.1, -0.05) is 24.1 Å². The van der Waals surface area contributed by atoms with Gasteiger partial charge in [-0.05, 0) is 51.9 Å². The zero-order valence-corrected chi connectivity index (χ0v) is 16.6. The van der Waals surface area contributed by atoms with E-state index in [2.05, 4.69) is 16.8 Å². The van der Waals surface area contributed by atoms with Crippen LogP contribution in [0, 0.1) is 13.8 Å². The van der Waals surface area contributed by atoms with Crippen molar-refractivity contribution in [1.29, 1.82) is 0 Å². The second-order valence-corrected chi connectivity index (χ2v) is 9.51. The predicted octanol–water partition coefficient (Wildman–Crippen LogP) is 2.09. The Morgan fingerprint density at radius 2 is 1.76 bits per heavy atom. The third-order valence-corrected chi connectivity index (χ3v) is 7.73. The molecule has 140 valence electrons. The molecule has 25 heavy (non-hydrogen) atoms. The summed E-state index contributed by atoms with van der Waals surface area (Å²) in [6.07, 6.45) is 3.88. The lowest BCUT2D eigenvalue weighted by molar-refractivity contribution is 0.106. The van der Waals surface area contributed by atoms with Crippen molar-refractivity contribution in [3.8, 4) is 0 Å². The summed E-state index contributed by atoms with van der Waals surface area (Å²) in [6.45, 7) is 8.96. The fourth-order valence-electron chi connectivity index (χ4n) is 4.05. The van der Waals surface area contributed by atoms with E-state index in [-0.39, 0.29) is 0 Å². The highest BCUT2D eigenvalue weighted by Crippen LogP contribution is 2.23. The quantitative estimate of drug-likeness (QED) is 0.820. The predicted molar refractivity (Wildman–Crippen MR) is 101 cm³/mol. The fourth-order valence-corrected chi connectivity index (χ4v) is 5.68. The van der Waals surface area contributed by atoms with Crippen LogP contribution in [0.2, 0.25) is 0 Å². The van der Waals surface area contributed by atoms with Gasteiger partial charge in [0, 0.05) is 38.8 Å². The van der Waals surface area contributed by atoms with Gasteiger partial charge >= 0.3 is 0 Å². The second kappa shape index (κ2) is 7.74. The summed E-state index contributed by atoms with van der Waals surface area (Å²) in [5.74, 6) is 0. The first-order valence-corrected chi connectivity index (χ1v) is 10.8. The van der Waals surface area contributed by atoms with Crippen molar-refractivity contribution in [2.75, 3.05) is 46.3 Å². The van der Waals surface area contributed by atoms with Crippen LogP contribution in [0.5, 0.6) is 0 Å². The Balaban J connectivity index is 1.61. The van der Waals surface area contributed by atoms with E-state index in [1.54, 1.807) is 10.4 Å². The van der Waals surface area contributed by atoms with Crippen LogP contribution in [-0.4, -0.2) is 74.9 Å². The first-order valence-electron chi connectivity index (χ1n) is 9.38. The van der Waals surface area contributed by atoms with Gasteiger partial charge < -0.3 is 4.90 Å². The lowest BCUT2D eigenvalue weighted by Crippen LogP contribution is -2.52. The molecule has 2 aliphatic heterocycles. The third kappa shape index (κ3) is 4.25. The highest BCUT2D eigenvalue weighted by molar-refractivity contribution is 7.89. The molecule has 2 fully saturated rings. The number of piperazine rings is 1. The number of hydrogen-bond donors (Lipinski definition) is 0. The molecule has 0 aliphatic carbocycles. The van der Waals surface area contributed by atoms with E-state index in [0.29, 0.717) is 24.0 Å². The number of benzene rings is 1. The van der Waals surface area contributed by atoms with Crippen LogP contribution in [0.1, 0.15) is 30.4 Å². The van der Waals surface area contributed by atoms with Gasteiger partial charge in [-0.15, -0.1) is 0 Å². The Hall–Kier alpha value is -0.950. The van der Waals surface area contributed by atoms with Crippen molar-refractivity contribution in [3.05, 3.63) is 29.3 Å². The maximum atomic E-state index is 13.0. The number of likely N-dealkylation sites (N-methyl/N-ethyl adjacent to an activating group) is 1. The molecule has 3 rings (SSSR count). The summed E-state index contributed by atoms with van der Waals surface area (Å²) < 4.78 is 27.6. The standard InChI is InChI=1S/C19H31N3O2S/c1-16-7-8-19(17(2)14-16)25(23,24)22-12-10-21(11-13-22)15-18-6-4-5-9-20(18)3/h7-8,14,18H,4-6,9-13,15H2,1-3H3/t18-/m0/s1. The molecule has 1 aromatic carbocycles. The van der Waals surface area contributed by atoms with Gasteiger partial charge in [-0.3, -0.25) is 4.90 Å². The van der Waals surface area contributed by atoms with Gasteiger partial charge in [0.25, 0.3) is 0 Å². The lowest BCUT2D eigenvalue weighted by atomic mass is 10.0. The van der Waals surface area contributed by atoms with Gasteiger partial charge in [-0.25, -0.2) is 8.42 Å². The van der Waals surface area contributed by atoms with E-state index in [9.17, 15) is 8.42 Å². The van der Waals surface area contributed by atoms with E-state index in [4.69, 9.17) is 0 Å². The minimum atomic E-state index is -3.38. The highest BCUT2D eigenvalue weighted by Gasteiger charge is 2.31. The lowest BCUT2D eigenvalue weighted by Gasteiger charge is -2.39. The number of hydrogen-bond acceptors (Lipinski definition) is 4. The maximum Gasteiger partial charge on any atom is 0.243 e. The Morgan fingerprint density at radius 3 is 2.40 bits per heavy atom. The van der Waals surface area contributed by atoms with E-state index in [0.717, 1.165) is 30.8 Å². The molecule has 0 spiro atoms. The Labute approximate surface area is 152 Å². The number of nitrogens with zero attached hydrogens (tertiary/aromatic N) is 3. The molecular formula is C19H31N3O2S. The van der Waals surface area contributed by atoms with Crippen molar-refractivity contribution < 1.29 is 8.42 Å². The summed E-state index contributed by atoms with van der Waals surface area (Å²) in [6, 6.07) is 6.21. The topological polar surface area (TPSA) is 43.9 Å². The molecule has 2 saturated heterocycles. The van der Waals surface area contributed by atoms with Gasteiger partial charge in [0.1, 0.15) is 0 Å². The van der Waals surface area contributed by atoms with Gasteiger partial charge in [0.15, 0.2) is 0 Å². The van der Waals surface area contributed by atoms with E-state index in [1.807, 2.05) is 26.0 Å². The molecule has 6 heteroatoms. The van der Waals surface area contributed by atoms with Gasteiger partial charge in [0.05, 0.1) is 4.90 Å². The zero-order chi connectivity index (χ0) is 18.0. The average Bonchev–Trinajstić information content (AvgIpc) is 2.57. The first-order chi connectivity index (χ1) is 11.9. The van der Waals surface area contributed by atoms with Crippen LogP contribution < -0.4 is 0 Å². The smallest absolute Gasteiger partial charge is 0.243 e. The number of piperidine rings is 1. The van der Waals surface area contributed by atoms with E-state index < -0.39 is 10.0 Å². The molecular weight excluding hydrogens is 334 g/mol. The van der Waals surface area contributed by atoms with Gasteiger partial charge in [0.2, 0.25) is 10.0 Å². The molecule has 1 aromatic rings. The SMILES string of the molecule is Cc1ccc(S(=O)(=O)N2CCN(C[C@@H]3CCCCN3C)CC2)c(C)c1. The first kappa shape index (κ1) is 18.8. The zero-order valence-electron chi connectivity index (χ0n) is 15.7. The monoisotopic (exact) mass is 365 g/mol. The fraction of sp³-hybridized carbons (Fsp3) is 0.684. The van der Waals surface area contributed by atoms with Crippen LogP contribution in [0.4, 0.5) is 0 Å². The molecule has 5 nitrogen and oxygen atoms in total. The summed E-state index contributed by atoms with van der Waals surface area (Å²) in [5, 5.41) is 0. The Bertz CT molecular complexity index is 697. The molecule has 2 aliphatic rings. The van der Waals surface area contributed by atoms with Crippen molar-refractivity contribution in [2.45, 2.75) is 44.0 Å². The number of sulfonamides is 1. The second-order valence-electron chi connectivity index (χ2n) is 7.60. The number of likely N-dealkylation sites (tertiary alicyclic amines) is 1. The van der Waals surface area contributed by atoms with E-state index >= 15 is 0 Å². The summed E-state index contributed by atoms with van der Waals surface area (Å²) in [7, 11) is -1.17. The van der Waals surface area contributed by atoms with Crippen molar-refractivity contribution >= 4 is 10.0 Å². The Morgan fingerprint density at radius 1 is 1.04 bits per heavy atom. The largest absolute Gasteiger partial charge is 0.302 e.